The van der Waals surface area contributed by atoms with Crippen LogP contribution in [0.1, 0.15) is 32.3 Å². The molecule has 0 spiro atoms. The Hall–Kier alpha value is -4.13. The van der Waals surface area contributed by atoms with Crippen LogP contribution >= 0.6 is 0 Å². The summed E-state index contributed by atoms with van der Waals surface area (Å²) in [4.78, 5) is 24.5. The highest BCUT2D eigenvalue weighted by Crippen LogP contribution is 2.13. The van der Waals surface area contributed by atoms with Crippen LogP contribution in [0.5, 0.6) is 0 Å². The van der Waals surface area contributed by atoms with E-state index in [-0.39, 0.29) is 17.6 Å². The van der Waals surface area contributed by atoms with E-state index in [9.17, 15) is 9.59 Å². The van der Waals surface area contributed by atoms with Crippen LogP contribution in [-0.2, 0) is 6.54 Å². The van der Waals surface area contributed by atoms with Crippen molar-refractivity contribution in [3.05, 3.63) is 102 Å². The predicted octanol–water partition coefficient (Wildman–Crippen LogP) is 3.96. The standard InChI is InChI=1S/C23H20N4O3/c1-16-14-20(26-27(16)19-6-3-2-4-7-19)22(28)24-15-17-9-11-18(12-10-17)25-23(29)21-8-5-13-30-21/h2-14H,15H2,1H3,(H,24,28)(H,25,29). The molecule has 0 radical (unpaired) electrons. The van der Waals surface area contributed by atoms with Gasteiger partial charge in [-0.05, 0) is 55.0 Å². The van der Waals surface area contributed by atoms with Crippen molar-refractivity contribution in [2.75, 3.05) is 5.32 Å². The first-order chi connectivity index (χ1) is 14.6. The third-order valence-corrected chi connectivity index (χ3v) is 4.53. The molecule has 0 saturated heterocycles. The molecule has 2 aromatic heterocycles. The second-order valence-corrected chi connectivity index (χ2v) is 6.73. The lowest BCUT2D eigenvalue weighted by Gasteiger charge is -2.06. The van der Waals surface area contributed by atoms with Crippen LogP contribution in [-0.4, -0.2) is 21.6 Å². The number of benzene rings is 2. The SMILES string of the molecule is Cc1cc(C(=O)NCc2ccc(NC(=O)c3ccco3)cc2)nn1-c1ccccc1. The number of nitrogens with one attached hydrogen (secondary N) is 2. The summed E-state index contributed by atoms with van der Waals surface area (Å²) in [5, 5.41) is 10.0. The van der Waals surface area contributed by atoms with Crippen molar-refractivity contribution in [2.24, 2.45) is 0 Å². The van der Waals surface area contributed by atoms with Gasteiger partial charge < -0.3 is 15.1 Å². The molecule has 2 heterocycles. The summed E-state index contributed by atoms with van der Waals surface area (Å²) in [6.07, 6.45) is 1.45. The third-order valence-electron chi connectivity index (χ3n) is 4.53. The van der Waals surface area contributed by atoms with Crippen LogP contribution in [0.25, 0.3) is 5.69 Å². The Morgan fingerprint density at radius 3 is 2.43 bits per heavy atom. The molecule has 7 heteroatoms. The van der Waals surface area contributed by atoms with Crippen molar-refractivity contribution < 1.29 is 14.0 Å². The molecular weight excluding hydrogens is 380 g/mol. The maximum absolute atomic E-state index is 12.5. The maximum atomic E-state index is 12.5. The highest BCUT2D eigenvalue weighted by molar-refractivity contribution is 6.02. The summed E-state index contributed by atoms with van der Waals surface area (Å²) >= 11 is 0. The van der Waals surface area contributed by atoms with Crippen molar-refractivity contribution in [1.82, 2.24) is 15.1 Å². The van der Waals surface area contributed by atoms with Crippen molar-refractivity contribution in [3.63, 3.8) is 0 Å². The zero-order valence-corrected chi connectivity index (χ0v) is 16.3. The lowest BCUT2D eigenvalue weighted by atomic mass is 10.2. The molecule has 2 N–H and O–H groups in total. The van der Waals surface area contributed by atoms with E-state index in [0.717, 1.165) is 16.9 Å². The Morgan fingerprint density at radius 2 is 1.73 bits per heavy atom. The summed E-state index contributed by atoms with van der Waals surface area (Å²) in [5.74, 6) is -0.315. The van der Waals surface area contributed by atoms with E-state index < -0.39 is 0 Å². The highest BCUT2D eigenvalue weighted by Gasteiger charge is 2.13. The highest BCUT2D eigenvalue weighted by atomic mass is 16.3. The smallest absolute Gasteiger partial charge is 0.291 e. The lowest BCUT2D eigenvalue weighted by molar-refractivity contribution is 0.0944. The summed E-state index contributed by atoms with van der Waals surface area (Å²) in [5.41, 5.74) is 3.69. The maximum Gasteiger partial charge on any atom is 0.291 e. The Labute approximate surface area is 173 Å². The van der Waals surface area contributed by atoms with Gasteiger partial charge in [-0.25, -0.2) is 4.68 Å². The van der Waals surface area contributed by atoms with Crippen LogP contribution in [0.2, 0.25) is 0 Å². The summed E-state index contributed by atoms with van der Waals surface area (Å²) in [7, 11) is 0. The van der Waals surface area contributed by atoms with E-state index in [2.05, 4.69) is 15.7 Å². The van der Waals surface area contributed by atoms with Gasteiger partial charge in [-0.15, -0.1) is 0 Å². The van der Waals surface area contributed by atoms with Crippen LogP contribution in [0.15, 0.2) is 83.5 Å². The Kier molecular flexibility index (Phi) is 5.43. The normalized spacial score (nSPS) is 10.6. The molecule has 0 saturated carbocycles. The monoisotopic (exact) mass is 400 g/mol. The molecular formula is C23H20N4O3. The zero-order chi connectivity index (χ0) is 20.9. The molecule has 0 unspecified atom stereocenters. The molecule has 0 aliphatic rings. The largest absolute Gasteiger partial charge is 0.459 e. The van der Waals surface area contributed by atoms with Gasteiger partial charge in [-0.2, -0.15) is 5.10 Å². The number of anilines is 1. The average molecular weight is 400 g/mol. The van der Waals surface area contributed by atoms with Crippen molar-refractivity contribution in [3.8, 4) is 5.69 Å². The van der Waals surface area contributed by atoms with E-state index >= 15 is 0 Å². The number of para-hydroxylation sites is 1. The number of aromatic nitrogens is 2. The second-order valence-electron chi connectivity index (χ2n) is 6.73. The van der Waals surface area contributed by atoms with E-state index in [1.165, 1.54) is 6.26 Å². The number of nitrogens with zero attached hydrogens (tertiary/aromatic N) is 2. The molecule has 0 aliphatic carbocycles. The molecule has 0 bridgehead atoms. The van der Waals surface area contributed by atoms with Crippen LogP contribution in [0.3, 0.4) is 0 Å². The quantitative estimate of drug-likeness (QED) is 0.513. The van der Waals surface area contributed by atoms with Gasteiger partial charge in [-0.1, -0.05) is 30.3 Å². The minimum atomic E-state index is -0.314. The molecule has 7 nitrogen and oxygen atoms in total. The van der Waals surface area contributed by atoms with E-state index in [1.54, 1.807) is 35.0 Å². The van der Waals surface area contributed by atoms with Crippen LogP contribution in [0, 0.1) is 6.92 Å². The minimum absolute atomic E-state index is 0.247. The van der Waals surface area contributed by atoms with Gasteiger partial charge >= 0.3 is 0 Å². The van der Waals surface area contributed by atoms with Crippen LogP contribution in [0.4, 0.5) is 5.69 Å². The fourth-order valence-electron chi connectivity index (χ4n) is 3.00. The molecule has 2 aromatic carbocycles. The van der Waals surface area contributed by atoms with E-state index in [4.69, 9.17) is 4.42 Å². The molecule has 4 aromatic rings. The van der Waals surface area contributed by atoms with Gasteiger partial charge in [0.15, 0.2) is 11.5 Å². The van der Waals surface area contributed by atoms with Crippen molar-refractivity contribution >= 4 is 17.5 Å². The number of aryl methyl sites for hydroxylation is 1. The first-order valence-electron chi connectivity index (χ1n) is 9.44. The van der Waals surface area contributed by atoms with Gasteiger partial charge in [-0.3, -0.25) is 9.59 Å². The van der Waals surface area contributed by atoms with Gasteiger partial charge in [0.05, 0.1) is 12.0 Å². The zero-order valence-electron chi connectivity index (χ0n) is 16.3. The predicted molar refractivity (Wildman–Crippen MR) is 113 cm³/mol. The molecule has 30 heavy (non-hydrogen) atoms. The summed E-state index contributed by atoms with van der Waals surface area (Å²) in [6.45, 7) is 2.26. The lowest BCUT2D eigenvalue weighted by Crippen LogP contribution is -2.23. The fraction of sp³-hybridized carbons (Fsp3) is 0.0870. The Bertz CT molecular complexity index is 1150. The van der Waals surface area contributed by atoms with Crippen LogP contribution < -0.4 is 10.6 Å². The minimum Gasteiger partial charge on any atom is -0.459 e. The van der Waals surface area contributed by atoms with Gasteiger partial charge in [0.1, 0.15) is 0 Å². The molecule has 0 fully saturated rings. The number of amides is 2. The van der Waals surface area contributed by atoms with Gasteiger partial charge in [0.25, 0.3) is 11.8 Å². The molecule has 0 aliphatic heterocycles. The van der Waals surface area contributed by atoms with E-state index in [0.29, 0.717) is 17.9 Å². The topological polar surface area (TPSA) is 89.2 Å². The number of carbonyl (C=O) groups excluding carboxylic acids is 2. The molecule has 2 amide bonds. The van der Waals surface area contributed by atoms with Crippen molar-refractivity contribution in [2.45, 2.75) is 13.5 Å². The number of rotatable bonds is 6. The fourth-order valence-corrected chi connectivity index (χ4v) is 3.00. The molecule has 150 valence electrons. The summed E-state index contributed by atoms with van der Waals surface area (Å²) < 4.78 is 6.81. The second kappa shape index (κ2) is 8.48. The molecule has 0 atom stereocenters. The third kappa shape index (κ3) is 4.30. The Morgan fingerprint density at radius 1 is 0.967 bits per heavy atom. The number of hydrogen-bond donors (Lipinski definition) is 2. The van der Waals surface area contributed by atoms with Gasteiger partial charge in [0.2, 0.25) is 0 Å². The average Bonchev–Trinajstić information content (AvgIpc) is 3.44. The number of furan rings is 1. The summed E-state index contributed by atoms with van der Waals surface area (Å²) in [6, 6.07) is 21.9. The molecule has 4 rings (SSSR count). The number of carbonyl (C=O) groups is 2. The number of hydrogen-bond acceptors (Lipinski definition) is 4. The Balaban J connectivity index is 1.36. The van der Waals surface area contributed by atoms with E-state index in [1.807, 2.05) is 49.4 Å². The van der Waals surface area contributed by atoms with Crippen molar-refractivity contribution in [1.29, 1.82) is 0 Å². The first kappa shape index (κ1) is 19.2. The first-order valence-corrected chi connectivity index (χ1v) is 9.44. The van der Waals surface area contributed by atoms with Gasteiger partial charge in [0, 0.05) is 17.9 Å².